The molecule has 0 spiro atoms. The average molecular weight is 304 g/mol. The molecule has 1 aromatic carbocycles. The quantitative estimate of drug-likeness (QED) is 0.786. The van der Waals surface area contributed by atoms with Crippen molar-refractivity contribution in [1.29, 1.82) is 0 Å². The molecule has 0 bridgehead atoms. The van der Waals surface area contributed by atoms with Crippen LogP contribution in [0.1, 0.15) is 36.2 Å². The van der Waals surface area contributed by atoms with Crippen LogP contribution in [0.2, 0.25) is 0 Å². The fraction of sp³-hybridized carbons (Fsp3) is 0.462. The molecule has 0 N–H and O–H groups in total. The number of carbonyl (C=O) groups is 1. The molecule has 0 fully saturated rings. The van der Waals surface area contributed by atoms with Crippen LogP contribution < -0.4 is 0 Å². The largest absolute Gasteiger partial charge is 0.342 e. The van der Waals surface area contributed by atoms with Crippen LogP contribution in [-0.2, 0) is 15.5 Å². The first-order valence-corrected chi connectivity index (χ1v) is 8.45. The highest BCUT2D eigenvalue weighted by molar-refractivity contribution is 8.13. The summed E-state index contributed by atoms with van der Waals surface area (Å²) in [7, 11) is 3.26. The highest BCUT2D eigenvalue weighted by Gasteiger charge is 2.19. The van der Waals surface area contributed by atoms with Crippen LogP contribution in [0.25, 0.3) is 0 Å². The fourth-order valence-corrected chi connectivity index (χ4v) is 3.09. The SMILES string of the molecule is CCCN(C)C(=O)c1ccc(CC)c(S(=O)(=O)Cl)c1. The first-order valence-electron chi connectivity index (χ1n) is 6.14. The summed E-state index contributed by atoms with van der Waals surface area (Å²) >= 11 is 0. The van der Waals surface area contributed by atoms with Gasteiger partial charge in [-0.1, -0.05) is 19.9 Å². The Kier molecular flexibility index (Phi) is 5.38. The maximum Gasteiger partial charge on any atom is 0.261 e. The van der Waals surface area contributed by atoms with E-state index in [2.05, 4.69) is 0 Å². The van der Waals surface area contributed by atoms with Gasteiger partial charge in [0, 0.05) is 29.8 Å². The van der Waals surface area contributed by atoms with Gasteiger partial charge in [0.2, 0.25) is 0 Å². The minimum Gasteiger partial charge on any atom is -0.342 e. The average Bonchev–Trinajstić information content (AvgIpc) is 2.36. The van der Waals surface area contributed by atoms with E-state index < -0.39 is 9.05 Å². The van der Waals surface area contributed by atoms with E-state index in [1.807, 2.05) is 13.8 Å². The molecule has 4 nitrogen and oxygen atoms in total. The van der Waals surface area contributed by atoms with Crippen LogP contribution in [0.4, 0.5) is 0 Å². The molecular weight excluding hydrogens is 286 g/mol. The number of aryl methyl sites for hydroxylation is 1. The molecule has 0 saturated carbocycles. The molecule has 6 heteroatoms. The van der Waals surface area contributed by atoms with Crippen LogP contribution in [0, 0.1) is 0 Å². The van der Waals surface area contributed by atoms with E-state index >= 15 is 0 Å². The van der Waals surface area contributed by atoms with Gasteiger partial charge in [-0.05, 0) is 30.5 Å². The molecular formula is C13H18ClNO3S. The van der Waals surface area contributed by atoms with Crippen molar-refractivity contribution in [2.24, 2.45) is 0 Å². The highest BCUT2D eigenvalue weighted by atomic mass is 35.7. The zero-order valence-corrected chi connectivity index (χ0v) is 12.9. The van der Waals surface area contributed by atoms with Gasteiger partial charge in [0.05, 0.1) is 4.90 Å². The van der Waals surface area contributed by atoms with Gasteiger partial charge in [0.25, 0.3) is 15.0 Å². The number of nitrogens with zero attached hydrogens (tertiary/aromatic N) is 1. The second-order valence-corrected chi connectivity index (χ2v) is 6.87. The molecule has 0 heterocycles. The molecule has 0 radical (unpaired) electrons. The predicted octanol–water partition coefficient (Wildman–Crippen LogP) is 2.66. The summed E-state index contributed by atoms with van der Waals surface area (Å²) in [6.45, 7) is 4.43. The lowest BCUT2D eigenvalue weighted by Gasteiger charge is -2.17. The summed E-state index contributed by atoms with van der Waals surface area (Å²) in [5.74, 6) is -0.203. The molecule has 0 unspecified atom stereocenters. The molecule has 0 aliphatic rings. The van der Waals surface area contributed by atoms with Crippen LogP contribution in [0.5, 0.6) is 0 Å². The first-order chi connectivity index (χ1) is 8.81. The number of hydrogen-bond donors (Lipinski definition) is 0. The zero-order valence-electron chi connectivity index (χ0n) is 11.3. The molecule has 0 atom stereocenters. The molecule has 19 heavy (non-hydrogen) atoms. The number of halogens is 1. The molecule has 0 aliphatic heterocycles. The summed E-state index contributed by atoms with van der Waals surface area (Å²) in [6.07, 6.45) is 1.39. The molecule has 1 rings (SSSR count). The van der Waals surface area contributed by atoms with E-state index in [1.165, 1.54) is 6.07 Å². The zero-order chi connectivity index (χ0) is 14.6. The van der Waals surface area contributed by atoms with Gasteiger partial charge in [0.15, 0.2) is 0 Å². The van der Waals surface area contributed by atoms with E-state index in [9.17, 15) is 13.2 Å². The van der Waals surface area contributed by atoms with E-state index in [-0.39, 0.29) is 10.8 Å². The molecule has 0 aliphatic carbocycles. The van der Waals surface area contributed by atoms with Gasteiger partial charge in [0.1, 0.15) is 0 Å². The topological polar surface area (TPSA) is 54.5 Å². The van der Waals surface area contributed by atoms with E-state index in [1.54, 1.807) is 24.1 Å². The number of hydrogen-bond acceptors (Lipinski definition) is 3. The molecule has 106 valence electrons. The lowest BCUT2D eigenvalue weighted by atomic mass is 10.1. The lowest BCUT2D eigenvalue weighted by molar-refractivity contribution is 0.0795. The predicted molar refractivity (Wildman–Crippen MR) is 76.1 cm³/mol. The molecule has 1 aromatic rings. The Bertz CT molecular complexity index is 569. The maximum absolute atomic E-state index is 12.1. The summed E-state index contributed by atoms with van der Waals surface area (Å²) in [5, 5.41) is 0. The molecule has 1 amide bonds. The van der Waals surface area contributed by atoms with Crippen molar-refractivity contribution in [1.82, 2.24) is 4.90 Å². The minimum atomic E-state index is -3.84. The lowest BCUT2D eigenvalue weighted by Crippen LogP contribution is -2.27. The maximum atomic E-state index is 12.1. The Morgan fingerprint density at radius 1 is 1.32 bits per heavy atom. The van der Waals surface area contributed by atoms with Crippen molar-refractivity contribution < 1.29 is 13.2 Å². The van der Waals surface area contributed by atoms with E-state index in [4.69, 9.17) is 10.7 Å². The smallest absolute Gasteiger partial charge is 0.261 e. The summed E-state index contributed by atoms with van der Waals surface area (Å²) < 4.78 is 23.0. The van der Waals surface area contributed by atoms with Gasteiger partial charge >= 0.3 is 0 Å². The Hall–Kier alpha value is -1.07. The number of rotatable bonds is 5. The number of benzene rings is 1. The second-order valence-electron chi connectivity index (χ2n) is 4.34. The molecule has 0 saturated heterocycles. The van der Waals surface area contributed by atoms with E-state index in [0.717, 1.165) is 6.42 Å². The normalized spacial score (nSPS) is 11.4. The van der Waals surface area contributed by atoms with Crippen LogP contribution in [-0.4, -0.2) is 32.8 Å². The van der Waals surface area contributed by atoms with E-state index in [0.29, 0.717) is 24.1 Å². The first kappa shape index (κ1) is 16.0. The van der Waals surface area contributed by atoms with Gasteiger partial charge in [-0.3, -0.25) is 4.79 Å². The van der Waals surface area contributed by atoms with Crippen LogP contribution in [0.3, 0.4) is 0 Å². The third-order valence-corrected chi connectivity index (χ3v) is 4.27. The summed E-state index contributed by atoms with van der Waals surface area (Å²) in [5.41, 5.74) is 0.956. The third-order valence-electron chi connectivity index (χ3n) is 2.86. The third kappa shape index (κ3) is 3.94. The van der Waals surface area contributed by atoms with Gasteiger partial charge < -0.3 is 4.90 Å². The summed E-state index contributed by atoms with van der Waals surface area (Å²) in [6, 6.07) is 4.64. The summed E-state index contributed by atoms with van der Waals surface area (Å²) in [4.78, 5) is 13.7. The van der Waals surface area contributed by atoms with Crippen LogP contribution >= 0.6 is 10.7 Å². The fourth-order valence-electron chi connectivity index (χ4n) is 1.86. The van der Waals surface area contributed by atoms with Gasteiger partial charge in [-0.25, -0.2) is 8.42 Å². The van der Waals surface area contributed by atoms with Gasteiger partial charge in [-0.15, -0.1) is 0 Å². The Balaban J connectivity index is 3.23. The Labute approximate surface area is 118 Å². The van der Waals surface area contributed by atoms with Crippen molar-refractivity contribution >= 4 is 25.6 Å². The standard InChI is InChI=1S/C13H18ClNO3S/c1-4-8-15(3)13(16)11-7-6-10(5-2)12(9-11)19(14,17)18/h6-7,9H,4-5,8H2,1-3H3. The number of amides is 1. The number of carbonyl (C=O) groups excluding carboxylic acids is 1. The Morgan fingerprint density at radius 2 is 1.95 bits per heavy atom. The molecule has 0 aromatic heterocycles. The second kappa shape index (κ2) is 6.39. The highest BCUT2D eigenvalue weighted by Crippen LogP contribution is 2.22. The van der Waals surface area contributed by atoms with Crippen LogP contribution in [0.15, 0.2) is 23.1 Å². The van der Waals surface area contributed by atoms with Crippen molar-refractivity contribution in [2.75, 3.05) is 13.6 Å². The van der Waals surface area contributed by atoms with Crippen molar-refractivity contribution in [3.63, 3.8) is 0 Å². The van der Waals surface area contributed by atoms with Gasteiger partial charge in [-0.2, -0.15) is 0 Å². The monoisotopic (exact) mass is 303 g/mol. The van der Waals surface area contributed by atoms with Crippen molar-refractivity contribution in [2.45, 2.75) is 31.6 Å². The van der Waals surface area contributed by atoms with Crippen molar-refractivity contribution in [3.05, 3.63) is 29.3 Å². The van der Waals surface area contributed by atoms with Crippen molar-refractivity contribution in [3.8, 4) is 0 Å². The Morgan fingerprint density at radius 3 is 2.42 bits per heavy atom. The minimum absolute atomic E-state index is 0.0208.